The summed E-state index contributed by atoms with van der Waals surface area (Å²) in [5.41, 5.74) is 6.66. The van der Waals surface area contributed by atoms with Crippen molar-refractivity contribution >= 4 is 23.2 Å². The number of benzene rings is 1. The Morgan fingerprint density at radius 3 is 2.58 bits per heavy atom. The molecular formula is C13H13N3O2S. The van der Waals surface area contributed by atoms with E-state index >= 15 is 0 Å². The number of thiazole rings is 1. The highest BCUT2D eigenvalue weighted by Gasteiger charge is 2.17. The fourth-order valence-electron chi connectivity index (χ4n) is 1.57. The van der Waals surface area contributed by atoms with Gasteiger partial charge in [0.1, 0.15) is 4.88 Å². The summed E-state index contributed by atoms with van der Waals surface area (Å²) in [6.45, 7) is 2.11. The molecule has 2 amide bonds. The molecule has 0 bridgehead atoms. The van der Waals surface area contributed by atoms with E-state index in [1.54, 1.807) is 6.92 Å². The van der Waals surface area contributed by atoms with Crippen molar-refractivity contribution in [2.75, 3.05) is 0 Å². The van der Waals surface area contributed by atoms with Gasteiger partial charge in [-0.15, -0.1) is 11.3 Å². The number of carbonyl (C=O) groups is 2. The van der Waals surface area contributed by atoms with Crippen molar-refractivity contribution in [2.24, 2.45) is 5.73 Å². The van der Waals surface area contributed by atoms with Crippen LogP contribution in [-0.4, -0.2) is 16.8 Å². The summed E-state index contributed by atoms with van der Waals surface area (Å²) < 4.78 is 0. The largest absolute Gasteiger partial charge is 0.364 e. The van der Waals surface area contributed by atoms with Crippen molar-refractivity contribution in [1.82, 2.24) is 10.3 Å². The highest BCUT2D eigenvalue weighted by atomic mass is 32.1. The molecule has 1 heterocycles. The SMILES string of the molecule is Cc1nc(C(N)=O)sc1C(=O)NCc1ccccc1. The van der Waals surface area contributed by atoms with Gasteiger partial charge in [0.15, 0.2) is 5.01 Å². The van der Waals surface area contributed by atoms with E-state index in [4.69, 9.17) is 5.73 Å². The Kier molecular flexibility index (Phi) is 3.91. The van der Waals surface area contributed by atoms with Crippen molar-refractivity contribution < 1.29 is 9.59 Å². The molecule has 6 heteroatoms. The van der Waals surface area contributed by atoms with Gasteiger partial charge in [-0.1, -0.05) is 30.3 Å². The third-order valence-electron chi connectivity index (χ3n) is 2.51. The zero-order chi connectivity index (χ0) is 13.8. The molecule has 0 spiro atoms. The average Bonchev–Trinajstić information content (AvgIpc) is 2.80. The van der Waals surface area contributed by atoms with E-state index in [0.29, 0.717) is 17.1 Å². The highest BCUT2D eigenvalue weighted by molar-refractivity contribution is 7.15. The van der Waals surface area contributed by atoms with Gasteiger partial charge in [-0.3, -0.25) is 9.59 Å². The first-order chi connectivity index (χ1) is 9.08. The number of nitrogens with zero attached hydrogens (tertiary/aromatic N) is 1. The van der Waals surface area contributed by atoms with E-state index in [1.165, 1.54) is 0 Å². The van der Waals surface area contributed by atoms with Gasteiger partial charge in [-0.2, -0.15) is 0 Å². The molecule has 98 valence electrons. The van der Waals surface area contributed by atoms with Crippen LogP contribution in [0.3, 0.4) is 0 Å². The lowest BCUT2D eigenvalue weighted by molar-refractivity contribution is 0.0952. The van der Waals surface area contributed by atoms with Gasteiger partial charge in [-0.05, 0) is 12.5 Å². The number of aromatic nitrogens is 1. The van der Waals surface area contributed by atoms with Gasteiger partial charge in [0, 0.05) is 6.54 Å². The number of aryl methyl sites for hydroxylation is 1. The zero-order valence-electron chi connectivity index (χ0n) is 10.3. The number of hydrogen-bond donors (Lipinski definition) is 2. The van der Waals surface area contributed by atoms with E-state index in [1.807, 2.05) is 30.3 Å². The molecule has 2 aromatic rings. The molecule has 19 heavy (non-hydrogen) atoms. The molecule has 0 fully saturated rings. The first-order valence-electron chi connectivity index (χ1n) is 5.67. The minimum Gasteiger partial charge on any atom is -0.364 e. The lowest BCUT2D eigenvalue weighted by Gasteiger charge is -2.03. The Balaban J connectivity index is 2.06. The number of carbonyl (C=O) groups excluding carboxylic acids is 2. The average molecular weight is 275 g/mol. The van der Waals surface area contributed by atoms with Crippen LogP contribution in [0.2, 0.25) is 0 Å². The van der Waals surface area contributed by atoms with Gasteiger partial charge in [-0.25, -0.2) is 4.98 Å². The van der Waals surface area contributed by atoms with Crippen LogP contribution < -0.4 is 11.1 Å². The molecule has 0 aliphatic carbocycles. The van der Waals surface area contributed by atoms with Crippen LogP contribution in [0, 0.1) is 6.92 Å². The van der Waals surface area contributed by atoms with E-state index in [9.17, 15) is 9.59 Å². The summed E-state index contributed by atoms with van der Waals surface area (Å²) in [6, 6.07) is 9.58. The molecule has 0 saturated carbocycles. The Bertz CT molecular complexity index is 608. The number of primary amides is 1. The second-order valence-electron chi connectivity index (χ2n) is 3.97. The minimum absolute atomic E-state index is 0.155. The van der Waals surface area contributed by atoms with Crippen LogP contribution in [0.5, 0.6) is 0 Å². The lowest BCUT2D eigenvalue weighted by Crippen LogP contribution is -2.22. The number of hydrogen-bond acceptors (Lipinski definition) is 4. The van der Waals surface area contributed by atoms with Crippen LogP contribution in [0.25, 0.3) is 0 Å². The maximum absolute atomic E-state index is 12.0. The van der Waals surface area contributed by atoms with Crippen molar-refractivity contribution in [3.8, 4) is 0 Å². The predicted octanol–water partition coefficient (Wildman–Crippen LogP) is 1.48. The summed E-state index contributed by atoms with van der Waals surface area (Å²) in [6.07, 6.45) is 0. The van der Waals surface area contributed by atoms with Gasteiger partial charge < -0.3 is 11.1 Å². The number of rotatable bonds is 4. The van der Waals surface area contributed by atoms with Crippen molar-refractivity contribution in [3.63, 3.8) is 0 Å². The molecule has 2 rings (SSSR count). The first kappa shape index (κ1) is 13.2. The Morgan fingerprint density at radius 2 is 2.00 bits per heavy atom. The smallest absolute Gasteiger partial charge is 0.277 e. The summed E-state index contributed by atoms with van der Waals surface area (Å²) in [5, 5.41) is 2.94. The maximum atomic E-state index is 12.0. The van der Waals surface area contributed by atoms with Gasteiger partial charge in [0.05, 0.1) is 5.69 Å². The Morgan fingerprint density at radius 1 is 1.32 bits per heavy atom. The highest BCUT2D eigenvalue weighted by Crippen LogP contribution is 2.17. The minimum atomic E-state index is -0.616. The lowest BCUT2D eigenvalue weighted by atomic mass is 10.2. The monoisotopic (exact) mass is 275 g/mol. The quantitative estimate of drug-likeness (QED) is 0.886. The molecule has 0 unspecified atom stereocenters. The van der Waals surface area contributed by atoms with Crippen molar-refractivity contribution in [3.05, 3.63) is 51.5 Å². The summed E-state index contributed by atoms with van der Waals surface area (Å²) in [7, 11) is 0. The number of amides is 2. The molecule has 0 atom stereocenters. The Labute approximate surface area is 114 Å². The standard InChI is InChI=1S/C13H13N3O2S/c1-8-10(19-13(16-8)11(14)17)12(18)15-7-9-5-3-2-4-6-9/h2-6H,7H2,1H3,(H2,14,17)(H,15,18). The van der Waals surface area contributed by atoms with Gasteiger partial charge in [0.2, 0.25) is 0 Å². The molecule has 1 aromatic heterocycles. The molecule has 1 aromatic carbocycles. The molecule has 0 radical (unpaired) electrons. The normalized spacial score (nSPS) is 10.2. The summed E-state index contributed by atoms with van der Waals surface area (Å²) in [4.78, 5) is 27.4. The molecular weight excluding hydrogens is 262 g/mol. The van der Waals surface area contributed by atoms with E-state index in [0.717, 1.165) is 16.9 Å². The second kappa shape index (κ2) is 5.62. The van der Waals surface area contributed by atoms with Crippen LogP contribution in [0.4, 0.5) is 0 Å². The third-order valence-corrected chi connectivity index (χ3v) is 3.68. The van der Waals surface area contributed by atoms with Crippen LogP contribution >= 0.6 is 11.3 Å². The Hall–Kier alpha value is -2.21. The van der Waals surface area contributed by atoms with Crippen LogP contribution in [-0.2, 0) is 6.54 Å². The van der Waals surface area contributed by atoms with E-state index in [2.05, 4.69) is 10.3 Å². The molecule has 5 nitrogen and oxygen atoms in total. The van der Waals surface area contributed by atoms with Gasteiger partial charge in [0.25, 0.3) is 11.8 Å². The van der Waals surface area contributed by atoms with Crippen LogP contribution in [0.15, 0.2) is 30.3 Å². The maximum Gasteiger partial charge on any atom is 0.277 e. The topological polar surface area (TPSA) is 85.1 Å². The summed E-state index contributed by atoms with van der Waals surface area (Å²) >= 11 is 1.01. The molecule has 0 saturated heterocycles. The van der Waals surface area contributed by atoms with E-state index < -0.39 is 5.91 Å². The van der Waals surface area contributed by atoms with Crippen molar-refractivity contribution in [2.45, 2.75) is 13.5 Å². The van der Waals surface area contributed by atoms with E-state index in [-0.39, 0.29) is 10.9 Å². The molecule has 0 aliphatic heterocycles. The molecule has 3 N–H and O–H groups in total. The third kappa shape index (κ3) is 3.17. The number of nitrogens with two attached hydrogens (primary N) is 1. The van der Waals surface area contributed by atoms with Gasteiger partial charge >= 0.3 is 0 Å². The van der Waals surface area contributed by atoms with Crippen LogP contribution in [0.1, 0.15) is 30.7 Å². The van der Waals surface area contributed by atoms with Crippen molar-refractivity contribution in [1.29, 1.82) is 0 Å². The fourth-order valence-corrected chi connectivity index (χ4v) is 2.41. The zero-order valence-corrected chi connectivity index (χ0v) is 11.2. The first-order valence-corrected chi connectivity index (χ1v) is 6.49. The molecule has 0 aliphatic rings. The predicted molar refractivity (Wildman–Crippen MR) is 73.0 cm³/mol. The fraction of sp³-hybridized carbons (Fsp3) is 0.154. The number of nitrogens with one attached hydrogen (secondary N) is 1. The summed E-state index contributed by atoms with van der Waals surface area (Å²) in [5.74, 6) is -0.860. The second-order valence-corrected chi connectivity index (χ2v) is 4.97.